The first kappa shape index (κ1) is 14.6. The monoisotopic (exact) mass is 284 g/mol. The van der Waals surface area contributed by atoms with Crippen LogP contribution >= 0.6 is 0 Å². The number of hydrogen-bond acceptors (Lipinski definition) is 4. The van der Waals surface area contributed by atoms with Crippen LogP contribution in [0.4, 0.5) is 11.4 Å². The Morgan fingerprint density at radius 1 is 1.14 bits per heavy atom. The van der Waals surface area contributed by atoms with Gasteiger partial charge in [-0.05, 0) is 43.3 Å². The lowest BCUT2D eigenvalue weighted by atomic mass is 10.2. The number of hydrogen-bond donors (Lipinski definition) is 1. The summed E-state index contributed by atoms with van der Waals surface area (Å²) >= 11 is 0. The number of carbonyl (C=O) groups excluding carboxylic acids is 2. The quantitative estimate of drug-likeness (QED) is 0.503. The second-order valence-electron chi connectivity index (χ2n) is 4.22. The lowest BCUT2D eigenvalue weighted by Gasteiger charge is -2.19. The molecule has 0 saturated heterocycles. The number of esters is 1. The van der Waals surface area contributed by atoms with Crippen LogP contribution in [0.15, 0.2) is 54.6 Å². The van der Waals surface area contributed by atoms with Crippen molar-refractivity contribution in [2.24, 2.45) is 0 Å². The zero-order valence-electron chi connectivity index (χ0n) is 11.7. The van der Waals surface area contributed by atoms with E-state index < -0.39 is 0 Å². The zero-order valence-corrected chi connectivity index (χ0v) is 11.7. The maximum absolute atomic E-state index is 11.6. The van der Waals surface area contributed by atoms with Gasteiger partial charge in [-0.25, -0.2) is 9.80 Å². The van der Waals surface area contributed by atoms with Gasteiger partial charge in [-0.1, -0.05) is 18.2 Å². The molecule has 21 heavy (non-hydrogen) atoms. The molecule has 5 nitrogen and oxygen atoms in total. The molecular weight excluding hydrogens is 268 g/mol. The Balaban J connectivity index is 2.12. The summed E-state index contributed by atoms with van der Waals surface area (Å²) in [6.07, 6.45) is 0.673. The van der Waals surface area contributed by atoms with E-state index in [1.54, 1.807) is 31.2 Å². The predicted molar refractivity (Wildman–Crippen MR) is 81.0 cm³/mol. The van der Waals surface area contributed by atoms with Gasteiger partial charge >= 0.3 is 5.97 Å². The summed E-state index contributed by atoms with van der Waals surface area (Å²) in [6.45, 7) is 2.08. The van der Waals surface area contributed by atoms with Crippen molar-refractivity contribution in [1.29, 1.82) is 0 Å². The van der Waals surface area contributed by atoms with Crippen LogP contribution in [0.1, 0.15) is 17.3 Å². The van der Waals surface area contributed by atoms with Crippen molar-refractivity contribution in [3.63, 3.8) is 0 Å². The van der Waals surface area contributed by atoms with Crippen molar-refractivity contribution in [2.75, 3.05) is 17.0 Å². The van der Waals surface area contributed by atoms with E-state index in [9.17, 15) is 9.59 Å². The Morgan fingerprint density at radius 2 is 1.81 bits per heavy atom. The molecule has 0 atom stereocenters. The van der Waals surface area contributed by atoms with E-state index >= 15 is 0 Å². The summed E-state index contributed by atoms with van der Waals surface area (Å²) in [5.41, 5.74) is 4.84. The van der Waals surface area contributed by atoms with Crippen LogP contribution in [0, 0.1) is 0 Å². The molecule has 0 fully saturated rings. The van der Waals surface area contributed by atoms with Crippen LogP contribution in [0.25, 0.3) is 0 Å². The number of anilines is 2. The van der Waals surface area contributed by atoms with E-state index in [1.807, 2.05) is 30.3 Å². The minimum Gasteiger partial charge on any atom is -0.462 e. The fourth-order valence-electron chi connectivity index (χ4n) is 1.78. The molecule has 2 aromatic carbocycles. The third-order valence-electron chi connectivity index (χ3n) is 2.79. The summed E-state index contributed by atoms with van der Waals surface area (Å²) in [4.78, 5) is 22.8. The summed E-state index contributed by atoms with van der Waals surface area (Å²) in [5.74, 6) is -0.377. The Bertz CT molecular complexity index is 597. The average molecular weight is 284 g/mol. The minimum absolute atomic E-state index is 0.330. The molecule has 0 aliphatic carbocycles. The second-order valence-corrected chi connectivity index (χ2v) is 4.22. The standard InChI is InChI=1S/C16H16N2O3/c1-2-21-16(20)13-8-10-15(11-9-13)18(12-19)17-14-6-4-3-5-7-14/h3-12,17H,2H2,1H3. The summed E-state index contributed by atoms with van der Waals surface area (Å²) in [6, 6.07) is 15.9. The molecule has 2 rings (SSSR count). The third-order valence-corrected chi connectivity index (χ3v) is 2.79. The number of rotatable bonds is 6. The van der Waals surface area contributed by atoms with Gasteiger partial charge in [-0.15, -0.1) is 0 Å². The van der Waals surface area contributed by atoms with Crippen LogP contribution in [0.2, 0.25) is 0 Å². The number of nitrogens with zero attached hydrogens (tertiary/aromatic N) is 1. The van der Waals surface area contributed by atoms with Crippen LogP contribution in [-0.2, 0) is 9.53 Å². The zero-order chi connectivity index (χ0) is 15.1. The first-order valence-electron chi connectivity index (χ1n) is 6.58. The van der Waals surface area contributed by atoms with Gasteiger partial charge in [-0.3, -0.25) is 10.2 Å². The van der Waals surface area contributed by atoms with E-state index in [4.69, 9.17) is 4.74 Å². The molecule has 108 valence electrons. The fraction of sp³-hybridized carbons (Fsp3) is 0.125. The maximum atomic E-state index is 11.6. The van der Waals surface area contributed by atoms with Crippen LogP contribution in [0.3, 0.4) is 0 Å². The fourth-order valence-corrected chi connectivity index (χ4v) is 1.78. The third kappa shape index (κ3) is 3.82. The molecule has 0 spiro atoms. The van der Waals surface area contributed by atoms with Gasteiger partial charge in [0.15, 0.2) is 0 Å². The number of benzene rings is 2. The van der Waals surface area contributed by atoms with Crippen molar-refractivity contribution in [3.05, 3.63) is 60.2 Å². The van der Waals surface area contributed by atoms with Gasteiger partial charge in [0.05, 0.1) is 23.5 Å². The number of amides is 1. The normalized spacial score (nSPS) is 9.76. The van der Waals surface area contributed by atoms with Gasteiger partial charge in [0, 0.05) is 0 Å². The summed E-state index contributed by atoms with van der Waals surface area (Å²) in [7, 11) is 0. The van der Waals surface area contributed by atoms with E-state index in [0.717, 1.165) is 5.69 Å². The minimum atomic E-state index is -0.377. The Labute approximate surface area is 123 Å². The van der Waals surface area contributed by atoms with Crippen molar-refractivity contribution < 1.29 is 14.3 Å². The largest absolute Gasteiger partial charge is 0.462 e. The first-order valence-corrected chi connectivity index (χ1v) is 6.58. The molecule has 0 aromatic heterocycles. The van der Waals surface area contributed by atoms with E-state index in [2.05, 4.69) is 5.43 Å². The molecular formula is C16H16N2O3. The van der Waals surface area contributed by atoms with Crippen LogP contribution in [0.5, 0.6) is 0 Å². The van der Waals surface area contributed by atoms with Crippen molar-refractivity contribution in [2.45, 2.75) is 6.92 Å². The molecule has 0 radical (unpaired) electrons. The van der Waals surface area contributed by atoms with Gasteiger partial charge in [0.1, 0.15) is 0 Å². The highest BCUT2D eigenvalue weighted by Crippen LogP contribution is 2.16. The smallest absolute Gasteiger partial charge is 0.338 e. The molecule has 0 unspecified atom stereocenters. The van der Waals surface area contributed by atoms with E-state index in [0.29, 0.717) is 24.3 Å². The molecule has 0 aliphatic heterocycles. The summed E-state index contributed by atoms with van der Waals surface area (Å²) < 4.78 is 4.91. The molecule has 1 amide bonds. The Morgan fingerprint density at radius 3 is 2.38 bits per heavy atom. The first-order chi connectivity index (χ1) is 10.2. The molecule has 0 aliphatic rings. The number of hydrazine groups is 1. The van der Waals surface area contributed by atoms with Gasteiger partial charge in [-0.2, -0.15) is 0 Å². The highest BCUT2D eigenvalue weighted by atomic mass is 16.5. The van der Waals surface area contributed by atoms with E-state index in [-0.39, 0.29) is 5.97 Å². The number of ether oxygens (including phenoxy) is 1. The molecule has 2 aromatic rings. The molecule has 0 saturated carbocycles. The number of carbonyl (C=O) groups is 2. The second kappa shape index (κ2) is 7.09. The van der Waals surface area contributed by atoms with Gasteiger partial charge in [0.2, 0.25) is 6.41 Å². The average Bonchev–Trinajstić information content (AvgIpc) is 2.54. The maximum Gasteiger partial charge on any atom is 0.338 e. The van der Waals surface area contributed by atoms with Crippen LogP contribution < -0.4 is 10.4 Å². The molecule has 0 bridgehead atoms. The Kier molecular flexibility index (Phi) is 4.93. The highest BCUT2D eigenvalue weighted by Gasteiger charge is 2.09. The van der Waals surface area contributed by atoms with Gasteiger partial charge in [0.25, 0.3) is 0 Å². The molecule has 1 N–H and O–H groups in total. The lowest BCUT2D eigenvalue weighted by molar-refractivity contribution is -0.107. The highest BCUT2D eigenvalue weighted by molar-refractivity contribution is 5.90. The van der Waals surface area contributed by atoms with Crippen LogP contribution in [-0.4, -0.2) is 19.0 Å². The molecule has 0 heterocycles. The SMILES string of the molecule is CCOC(=O)c1ccc(N(C=O)Nc2ccccc2)cc1. The number of nitrogens with one attached hydrogen (secondary N) is 1. The van der Waals surface area contributed by atoms with Crippen molar-refractivity contribution >= 4 is 23.8 Å². The van der Waals surface area contributed by atoms with E-state index in [1.165, 1.54) is 5.01 Å². The van der Waals surface area contributed by atoms with Crippen molar-refractivity contribution in [1.82, 2.24) is 0 Å². The predicted octanol–water partition coefficient (Wildman–Crippen LogP) is 2.85. The summed E-state index contributed by atoms with van der Waals surface area (Å²) in [5, 5.41) is 1.34. The Hall–Kier alpha value is -2.82. The van der Waals surface area contributed by atoms with Crippen molar-refractivity contribution in [3.8, 4) is 0 Å². The molecule has 5 heteroatoms. The lowest BCUT2D eigenvalue weighted by Crippen LogP contribution is -2.27. The topological polar surface area (TPSA) is 58.6 Å². The van der Waals surface area contributed by atoms with Gasteiger partial charge < -0.3 is 4.74 Å². The number of para-hydroxylation sites is 1.